The van der Waals surface area contributed by atoms with Crippen LogP contribution in [0.15, 0.2) is 58.6 Å². The van der Waals surface area contributed by atoms with Gasteiger partial charge in [0.05, 0.1) is 47.2 Å². The van der Waals surface area contributed by atoms with Crippen molar-refractivity contribution >= 4 is 23.8 Å². The zero-order valence-electron chi connectivity index (χ0n) is 22.6. The summed E-state index contributed by atoms with van der Waals surface area (Å²) in [6, 6.07) is 16.6. The quantitative estimate of drug-likeness (QED) is 0.211. The third-order valence-corrected chi connectivity index (χ3v) is 6.61. The number of ether oxygens (including phenoxy) is 2. The van der Waals surface area contributed by atoms with E-state index in [-0.39, 0.29) is 24.4 Å². The summed E-state index contributed by atoms with van der Waals surface area (Å²) in [5.41, 5.74) is 3.91. The second kappa shape index (κ2) is 14.0. The number of nitrogens with zero attached hydrogens (tertiary/aromatic N) is 6. The molecule has 0 radical (unpaired) electrons. The molecule has 3 aromatic rings. The molecular formula is C29H32N8O3. The van der Waals surface area contributed by atoms with Gasteiger partial charge in [-0.05, 0) is 49.1 Å². The third-order valence-electron chi connectivity index (χ3n) is 6.61. The van der Waals surface area contributed by atoms with Gasteiger partial charge in [0.2, 0.25) is 5.95 Å². The number of hydrazone groups is 1. The molecule has 1 unspecified atom stereocenters. The Hall–Kier alpha value is -4.53. The van der Waals surface area contributed by atoms with Gasteiger partial charge in [0.15, 0.2) is 0 Å². The summed E-state index contributed by atoms with van der Waals surface area (Å²) in [7, 11) is 3.15. The average molecular weight is 541 g/mol. The van der Waals surface area contributed by atoms with Crippen molar-refractivity contribution in [3.8, 4) is 17.3 Å². The molecule has 11 nitrogen and oxygen atoms in total. The highest BCUT2D eigenvalue weighted by Gasteiger charge is 2.27. The largest absolute Gasteiger partial charge is 0.375 e. The van der Waals surface area contributed by atoms with Gasteiger partial charge in [0.1, 0.15) is 18.4 Å². The molecule has 1 fully saturated rings. The van der Waals surface area contributed by atoms with Crippen LogP contribution in [0.1, 0.15) is 54.4 Å². The van der Waals surface area contributed by atoms with E-state index in [1.165, 1.54) is 26.2 Å². The van der Waals surface area contributed by atoms with Gasteiger partial charge in [-0.1, -0.05) is 31.0 Å². The second-order valence-electron chi connectivity index (χ2n) is 9.37. The standard InChI is InChI=1S/C29H32N8O3/c1-39-18-27(38)36-29-34-24(21-10-5-7-19(13-21)15-30)14-25(35-29)26(37-31)17-32-16-22-11-6-12-23(33-22)28(40-2)20-8-3-4-9-20/h5-7,10-14,17,20,28H,3-4,8-9,16,18,31H2,1-2H3,(H,34,35,36,38). The maximum Gasteiger partial charge on any atom is 0.252 e. The SMILES string of the molecule is COCC(=O)Nc1nc(C(C=NCc2cccc(C(OC)C3CCCC3)n2)=NN)cc(-c2cccc(C#N)c2)n1. The van der Waals surface area contributed by atoms with Crippen LogP contribution >= 0.6 is 0 Å². The Kier molecular flexibility index (Phi) is 9.99. The lowest BCUT2D eigenvalue weighted by Gasteiger charge is -2.21. The van der Waals surface area contributed by atoms with Crippen molar-refractivity contribution in [2.45, 2.75) is 38.3 Å². The van der Waals surface area contributed by atoms with Gasteiger partial charge in [-0.2, -0.15) is 10.4 Å². The van der Waals surface area contributed by atoms with Gasteiger partial charge in [-0.15, -0.1) is 0 Å². The number of rotatable bonds is 11. The van der Waals surface area contributed by atoms with E-state index in [2.05, 4.69) is 31.4 Å². The van der Waals surface area contributed by atoms with Crippen molar-refractivity contribution in [2.75, 3.05) is 26.1 Å². The van der Waals surface area contributed by atoms with Crippen molar-refractivity contribution in [3.05, 3.63) is 71.2 Å². The van der Waals surface area contributed by atoms with Crippen LogP contribution in [0.5, 0.6) is 0 Å². The Bertz CT molecular complexity index is 1430. The molecule has 1 aliphatic rings. The second-order valence-corrected chi connectivity index (χ2v) is 9.37. The number of hydrogen-bond donors (Lipinski definition) is 2. The maximum atomic E-state index is 12.2. The van der Waals surface area contributed by atoms with Gasteiger partial charge in [-0.3, -0.25) is 20.1 Å². The first-order valence-corrected chi connectivity index (χ1v) is 13.0. The minimum atomic E-state index is -0.422. The van der Waals surface area contributed by atoms with Gasteiger partial charge < -0.3 is 15.3 Å². The number of aliphatic imine (C=N–C) groups is 1. The summed E-state index contributed by atoms with van der Waals surface area (Å²) >= 11 is 0. The molecule has 0 bridgehead atoms. The molecule has 0 spiro atoms. The van der Waals surface area contributed by atoms with Crippen molar-refractivity contribution in [1.82, 2.24) is 15.0 Å². The van der Waals surface area contributed by atoms with E-state index in [0.717, 1.165) is 24.2 Å². The van der Waals surface area contributed by atoms with Gasteiger partial charge in [0, 0.05) is 19.8 Å². The number of benzene rings is 1. The Morgan fingerprint density at radius 3 is 2.70 bits per heavy atom. The van der Waals surface area contributed by atoms with E-state index < -0.39 is 5.91 Å². The molecule has 2 heterocycles. The van der Waals surface area contributed by atoms with Crippen LogP contribution in [0.4, 0.5) is 5.95 Å². The zero-order valence-corrected chi connectivity index (χ0v) is 22.6. The number of nitrogens with one attached hydrogen (secondary N) is 1. The first-order chi connectivity index (χ1) is 19.5. The fraction of sp³-hybridized carbons (Fsp3) is 0.345. The number of anilines is 1. The van der Waals surface area contributed by atoms with Crippen molar-refractivity contribution in [2.24, 2.45) is 21.9 Å². The monoisotopic (exact) mass is 540 g/mol. The minimum Gasteiger partial charge on any atom is -0.375 e. The van der Waals surface area contributed by atoms with Crippen LogP contribution in [0.3, 0.4) is 0 Å². The Balaban J connectivity index is 1.58. The highest BCUT2D eigenvalue weighted by molar-refractivity contribution is 6.37. The van der Waals surface area contributed by atoms with Crippen LogP contribution in [0.2, 0.25) is 0 Å². The van der Waals surface area contributed by atoms with Crippen molar-refractivity contribution < 1.29 is 14.3 Å². The first kappa shape index (κ1) is 28.5. The fourth-order valence-electron chi connectivity index (χ4n) is 4.77. The lowest BCUT2D eigenvalue weighted by molar-refractivity contribution is -0.119. The molecule has 1 atom stereocenters. The Labute approximate surface area is 233 Å². The van der Waals surface area contributed by atoms with E-state index >= 15 is 0 Å². The molecule has 4 rings (SSSR count). The number of pyridine rings is 1. The topological polar surface area (TPSA) is 161 Å². The number of carbonyl (C=O) groups excluding carboxylic acids is 1. The molecule has 1 aliphatic carbocycles. The number of aromatic nitrogens is 3. The number of hydrogen-bond acceptors (Lipinski definition) is 10. The summed E-state index contributed by atoms with van der Waals surface area (Å²) in [6.45, 7) is 0.135. The third kappa shape index (κ3) is 7.31. The molecule has 1 aromatic carbocycles. The number of nitrogens with two attached hydrogens (primary N) is 1. The minimum absolute atomic E-state index is 0.0293. The molecule has 2 aromatic heterocycles. The Morgan fingerprint density at radius 2 is 1.98 bits per heavy atom. The fourth-order valence-corrected chi connectivity index (χ4v) is 4.77. The van der Waals surface area contributed by atoms with Crippen LogP contribution in [0.25, 0.3) is 11.3 Å². The van der Waals surface area contributed by atoms with E-state index in [4.69, 9.17) is 20.3 Å². The summed E-state index contributed by atoms with van der Waals surface area (Å²) in [4.78, 5) is 30.3. The van der Waals surface area contributed by atoms with Gasteiger partial charge in [0.25, 0.3) is 5.91 Å². The van der Waals surface area contributed by atoms with Crippen LogP contribution in [-0.2, 0) is 20.8 Å². The van der Waals surface area contributed by atoms with E-state index in [0.29, 0.717) is 35.0 Å². The van der Waals surface area contributed by atoms with Crippen molar-refractivity contribution in [1.29, 1.82) is 5.26 Å². The highest BCUT2D eigenvalue weighted by Crippen LogP contribution is 2.37. The molecule has 0 saturated heterocycles. The van der Waals surface area contributed by atoms with E-state index in [1.54, 1.807) is 37.4 Å². The normalized spacial score (nSPS) is 14.8. The van der Waals surface area contributed by atoms with E-state index in [1.807, 2.05) is 18.2 Å². The molecular weight excluding hydrogens is 508 g/mol. The lowest BCUT2D eigenvalue weighted by Crippen LogP contribution is -2.20. The molecule has 40 heavy (non-hydrogen) atoms. The zero-order chi connectivity index (χ0) is 28.3. The smallest absolute Gasteiger partial charge is 0.252 e. The first-order valence-electron chi connectivity index (χ1n) is 13.0. The Morgan fingerprint density at radius 1 is 1.18 bits per heavy atom. The van der Waals surface area contributed by atoms with E-state index in [9.17, 15) is 10.1 Å². The number of methoxy groups -OCH3 is 2. The molecule has 206 valence electrons. The molecule has 11 heteroatoms. The van der Waals surface area contributed by atoms with Crippen LogP contribution < -0.4 is 11.2 Å². The highest BCUT2D eigenvalue weighted by atomic mass is 16.5. The van der Waals surface area contributed by atoms with Gasteiger partial charge in [-0.25, -0.2) is 9.97 Å². The molecule has 1 amide bonds. The predicted octanol–water partition coefficient (Wildman–Crippen LogP) is 3.81. The predicted molar refractivity (Wildman–Crippen MR) is 152 cm³/mol. The van der Waals surface area contributed by atoms with Crippen LogP contribution in [0, 0.1) is 17.2 Å². The summed E-state index contributed by atoms with van der Waals surface area (Å²) in [5.74, 6) is 5.82. The number of amides is 1. The maximum absolute atomic E-state index is 12.2. The summed E-state index contributed by atoms with van der Waals surface area (Å²) in [5, 5.41) is 15.8. The summed E-state index contributed by atoms with van der Waals surface area (Å²) in [6.07, 6.45) is 6.23. The van der Waals surface area contributed by atoms with Crippen LogP contribution in [-0.4, -0.2) is 53.6 Å². The lowest BCUT2D eigenvalue weighted by atomic mass is 9.97. The summed E-state index contributed by atoms with van der Waals surface area (Å²) < 4.78 is 10.7. The van der Waals surface area contributed by atoms with Crippen molar-refractivity contribution in [3.63, 3.8) is 0 Å². The molecule has 3 N–H and O–H groups in total. The molecule has 0 aliphatic heterocycles. The number of nitriles is 1. The molecule has 1 saturated carbocycles. The number of carbonyl (C=O) groups is 1. The average Bonchev–Trinajstić information content (AvgIpc) is 3.50. The van der Waals surface area contributed by atoms with Gasteiger partial charge >= 0.3 is 0 Å².